The van der Waals surface area contributed by atoms with Crippen LogP contribution in [0.4, 0.5) is 4.39 Å². The molecule has 2 rings (SSSR count). The summed E-state index contributed by atoms with van der Waals surface area (Å²) in [6.07, 6.45) is 3.88. The SMILES string of the molecule is O=C(O)c1ccc(C#Cc2cncc(F)c2)cn1. The van der Waals surface area contributed by atoms with E-state index in [-0.39, 0.29) is 5.69 Å². The molecule has 0 atom stereocenters. The molecule has 0 aliphatic heterocycles. The lowest BCUT2D eigenvalue weighted by atomic mass is 10.2. The predicted octanol–water partition coefficient (Wildman–Crippen LogP) is 1.71. The molecule has 5 heteroatoms. The molecule has 0 saturated heterocycles. The van der Waals surface area contributed by atoms with Crippen molar-refractivity contribution in [1.82, 2.24) is 9.97 Å². The fourth-order valence-corrected chi connectivity index (χ4v) is 1.22. The molecule has 0 saturated carbocycles. The van der Waals surface area contributed by atoms with Gasteiger partial charge >= 0.3 is 5.97 Å². The number of hydrogen-bond donors (Lipinski definition) is 1. The van der Waals surface area contributed by atoms with Gasteiger partial charge in [0.1, 0.15) is 11.5 Å². The van der Waals surface area contributed by atoms with Crippen molar-refractivity contribution < 1.29 is 14.3 Å². The molecule has 0 amide bonds. The largest absolute Gasteiger partial charge is 0.477 e. The van der Waals surface area contributed by atoms with Crippen molar-refractivity contribution in [1.29, 1.82) is 0 Å². The summed E-state index contributed by atoms with van der Waals surface area (Å²) in [6.45, 7) is 0. The van der Waals surface area contributed by atoms with Crippen LogP contribution in [-0.4, -0.2) is 21.0 Å². The molecule has 0 spiro atoms. The smallest absolute Gasteiger partial charge is 0.354 e. The minimum atomic E-state index is -1.09. The van der Waals surface area contributed by atoms with Gasteiger partial charge in [0.25, 0.3) is 0 Å². The molecule has 2 aromatic heterocycles. The maximum atomic E-state index is 12.8. The lowest BCUT2D eigenvalue weighted by Gasteiger charge is -1.93. The molecule has 0 aliphatic carbocycles. The molecule has 1 N–H and O–H groups in total. The van der Waals surface area contributed by atoms with E-state index in [0.717, 1.165) is 6.20 Å². The molecule has 2 heterocycles. The van der Waals surface area contributed by atoms with Gasteiger partial charge in [-0.15, -0.1) is 0 Å². The van der Waals surface area contributed by atoms with Crippen molar-refractivity contribution >= 4 is 5.97 Å². The zero-order chi connectivity index (χ0) is 13.0. The van der Waals surface area contributed by atoms with Gasteiger partial charge < -0.3 is 5.11 Å². The molecule has 0 aliphatic rings. The molecule has 0 radical (unpaired) electrons. The van der Waals surface area contributed by atoms with Crippen LogP contribution in [0.1, 0.15) is 21.6 Å². The van der Waals surface area contributed by atoms with Gasteiger partial charge in [0.2, 0.25) is 0 Å². The third-order valence-electron chi connectivity index (χ3n) is 2.04. The van der Waals surface area contributed by atoms with Crippen molar-refractivity contribution in [2.45, 2.75) is 0 Å². The lowest BCUT2D eigenvalue weighted by Crippen LogP contribution is -1.99. The Labute approximate surface area is 102 Å². The quantitative estimate of drug-likeness (QED) is 0.773. The summed E-state index contributed by atoms with van der Waals surface area (Å²) >= 11 is 0. The highest BCUT2D eigenvalue weighted by Crippen LogP contribution is 2.01. The van der Waals surface area contributed by atoms with Crippen LogP contribution in [-0.2, 0) is 0 Å². The Bertz CT molecular complexity index is 642. The Kier molecular flexibility index (Phi) is 3.30. The number of carboxylic acids is 1. The van der Waals surface area contributed by atoms with Crippen molar-refractivity contribution in [3.8, 4) is 11.8 Å². The third-order valence-corrected chi connectivity index (χ3v) is 2.04. The first-order valence-corrected chi connectivity index (χ1v) is 4.97. The monoisotopic (exact) mass is 242 g/mol. The van der Waals surface area contributed by atoms with Crippen molar-refractivity contribution in [2.24, 2.45) is 0 Å². The highest BCUT2D eigenvalue weighted by atomic mass is 19.1. The molecule has 88 valence electrons. The Morgan fingerprint density at radius 1 is 1.17 bits per heavy atom. The first-order chi connectivity index (χ1) is 8.65. The summed E-state index contributed by atoms with van der Waals surface area (Å²) in [5.74, 6) is 3.90. The number of rotatable bonds is 1. The minimum Gasteiger partial charge on any atom is -0.477 e. The fourth-order valence-electron chi connectivity index (χ4n) is 1.22. The average Bonchev–Trinajstić information content (AvgIpc) is 2.37. The third kappa shape index (κ3) is 2.89. The van der Waals surface area contributed by atoms with Crippen LogP contribution in [0.25, 0.3) is 0 Å². The molecule has 0 unspecified atom stereocenters. The number of halogens is 1. The lowest BCUT2D eigenvalue weighted by molar-refractivity contribution is 0.0690. The Balaban J connectivity index is 2.22. The van der Waals surface area contributed by atoms with E-state index < -0.39 is 11.8 Å². The topological polar surface area (TPSA) is 63.1 Å². The van der Waals surface area contributed by atoms with Crippen LogP contribution < -0.4 is 0 Å². The van der Waals surface area contributed by atoms with E-state index in [2.05, 4.69) is 21.8 Å². The summed E-state index contributed by atoms with van der Waals surface area (Å²) in [5, 5.41) is 8.67. The van der Waals surface area contributed by atoms with Gasteiger partial charge in [-0.1, -0.05) is 11.8 Å². The van der Waals surface area contributed by atoms with Crippen molar-refractivity contribution in [3.63, 3.8) is 0 Å². The van der Waals surface area contributed by atoms with Gasteiger partial charge in [-0.2, -0.15) is 0 Å². The van der Waals surface area contributed by atoms with E-state index in [1.54, 1.807) is 0 Å². The number of pyridine rings is 2. The van der Waals surface area contributed by atoms with Crippen LogP contribution in [0.15, 0.2) is 36.8 Å². The number of hydrogen-bond acceptors (Lipinski definition) is 3. The van der Waals surface area contributed by atoms with Crippen molar-refractivity contribution in [3.05, 3.63) is 59.4 Å². The fraction of sp³-hybridized carbons (Fsp3) is 0. The Morgan fingerprint density at radius 2 is 1.94 bits per heavy atom. The van der Waals surface area contributed by atoms with Crippen LogP contribution in [0.2, 0.25) is 0 Å². The number of carboxylic acid groups (broad SMARTS) is 1. The number of carbonyl (C=O) groups is 1. The molecule has 0 bridgehead atoms. The van der Waals surface area contributed by atoms with E-state index in [1.807, 2.05) is 0 Å². The van der Waals surface area contributed by atoms with Crippen molar-refractivity contribution in [2.75, 3.05) is 0 Å². The van der Waals surface area contributed by atoms with Crippen LogP contribution in [0.5, 0.6) is 0 Å². The number of nitrogens with zero attached hydrogens (tertiary/aromatic N) is 2. The Hall–Kier alpha value is -2.74. The first kappa shape index (κ1) is 11.7. The predicted molar refractivity (Wildman–Crippen MR) is 61.4 cm³/mol. The van der Waals surface area contributed by atoms with Crippen LogP contribution in [0.3, 0.4) is 0 Å². The normalized spacial score (nSPS) is 9.39. The maximum Gasteiger partial charge on any atom is 0.354 e. The molecular weight excluding hydrogens is 235 g/mol. The van der Waals surface area contributed by atoms with E-state index in [9.17, 15) is 9.18 Å². The second-order valence-electron chi connectivity index (χ2n) is 3.38. The standard InChI is InChI=1S/C13H7FN2O2/c14-11-5-10(6-15-8-11)2-1-9-3-4-12(13(17)18)16-7-9/h3-8H,(H,17,18). The highest BCUT2D eigenvalue weighted by Gasteiger charge is 2.02. The Morgan fingerprint density at radius 3 is 2.56 bits per heavy atom. The minimum absolute atomic E-state index is 0.0482. The van der Waals surface area contributed by atoms with E-state index in [1.165, 1.54) is 30.6 Å². The first-order valence-electron chi connectivity index (χ1n) is 4.97. The summed E-state index contributed by atoms with van der Waals surface area (Å²) in [6, 6.07) is 4.16. The second kappa shape index (κ2) is 5.06. The second-order valence-corrected chi connectivity index (χ2v) is 3.38. The van der Waals surface area contributed by atoms with E-state index in [0.29, 0.717) is 11.1 Å². The van der Waals surface area contributed by atoms with Gasteiger partial charge in [0, 0.05) is 23.5 Å². The zero-order valence-corrected chi connectivity index (χ0v) is 9.09. The summed E-state index contributed by atoms with van der Waals surface area (Å²) in [5.41, 5.74) is 0.939. The van der Waals surface area contributed by atoms with Crippen LogP contribution in [0, 0.1) is 17.7 Å². The molecule has 4 nitrogen and oxygen atoms in total. The van der Waals surface area contributed by atoms with Crippen LogP contribution >= 0.6 is 0 Å². The van der Waals surface area contributed by atoms with E-state index in [4.69, 9.17) is 5.11 Å². The number of aromatic nitrogens is 2. The van der Waals surface area contributed by atoms with Gasteiger partial charge in [-0.25, -0.2) is 14.2 Å². The molecular formula is C13H7FN2O2. The van der Waals surface area contributed by atoms with E-state index >= 15 is 0 Å². The molecule has 18 heavy (non-hydrogen) atoms. The molecule has 0 aromatic carbocycles. The summed E-state index contributed by atoms with van der Waals surface area (Å²) in [4.78, 5) is 18.0. The summed E-state index contributed by atoms with van der Waals surface area (Å²) in [7, 11) is 0. The average molecular weight is 242 g/mol. The van der Waals surface area contributed by atoms with Gasteiger partial charge in [0.05, 0.1) is 6.20 Å². The highest BCUT2D eigenvalue weighted by molar-refractivity contribution is 5.85. The van der Waals surface area contributed by atoms with Gasteiger partial charge in [-0.05, 0) is 18.2 Å². The molecule has 0 fully saturated rings. The number of aromatic carboxylic acids is 1. The van der Waals surface area contributed by atoms with Gasteiger partial charge in [0.15, 0.2) is 0 Å². The summed E-state index contributed by atoms with van der Waals surface area (Å²) < 4.78 is 12.8. The maximum absolute atomic E-state index is 12.8. The molecule has 2 aromatic rings. The van der Waals surface area contributed by atoms with Gasteiger partial charge in [-0.3, -0.25) is 4.98 Å². The zero-order valence-electron chi connectivity index (χ0n) is 9.09.